The molecule has 0 amide bonds. The number of rotatable bonds is 0. The van der Waals surface area contributed by atoms with Gasteiger partial charge in [-0.1, -0.05) is 85.0 Å². The fourth-order valence-corrected chi connectivity index (χ4v) is 2.55. The quantitative estimate of drug-likeness (QED) is 0.411. The smallest absolute Gasteiger partial charge is 0.780 e. The molecule has 140 valence electrons. The van der Waals surface area contributed by atoms with Crippen LogP contribution in [0.1, 0.15) is 0 Å². The first-order valence-corrected chi connectivity index (χ1v) is 9.78. The zero-order valence-corrected chi connectivity index (χ0v) is 20.1. The first-order chi connectivity index (χ1) is 13.8. The largest absolute Gasteiger partial charge is 4.00 e. The zero-order chi connectivity index (χ0) is 19.9. The molecule has 3 heteroatoms. The van der Waals surface area contributed by atoms with E-state index in [0.29, 0.717) is 0 Å². The fraction of sp³-hybridized carbons (Fsp3) is 0. The second kappa shape index (κ2) is 17.0. The van der Waals surface area contributed by atoms with Gasteiger partial charge >= 0.3 is 26.2 Å². The standard InChI is InChI=1S/C9H7.2C6H6S.C5H5.Zr/c1-2-5-9-7-3-6-8(9)4-1;2*7-6-4-2-1-3-5-6;1-2-4-5-3-1;/h1-7H;2*1-5,7H;1-5H;/q;;;;+4/p-2. The molecular formula is C26H22S2Zr+2. The second-order valence-electron chi connectivity index (χ2n) is 5.74. The summed E-state index contributed by atoms with van der Waals surface area (Å²) >= 11 is 9.62. The van der Waals surface area contributed by atoms with Crippen LogP contribution in [0.3, 0.4) is 0 Å². The van der Waals surface area contributed by atoms with Gasteiger partial charge in [-0.2, -0.15) is 9.79 Å². The monoisotopic (exact) mass is 488 g/mol. The molecule has 29 heavy (non-hydrogen) atoms. The SMILES string of the molecule is [CH]1[CH][CH][CH][CH]1.[CH]1[CH][C]2C=CC=C[C]2[CH]1.[S-]c1ccccc1.[S-]c1ccccc1.[Zr+4]. The molecule has 3 aliphatic carbocycles. The van der Waals surface area contributed by atoms with Gasteiger partial charge in [0, 0.05) is 11.8 Å². The molecule has 3 aliphatic rings. The van der Waals surface area contributed by atoms with Gasteiger partial charge in [-0.3, -0.25) is 0 Å². The summed E-state index contributed by atoms with van der Waals surface area (Å²) < 4.78 is 0. The molecular weight excluding hydrogens is 468 g/mol. The van der Waals surface area contributed by atoms with Crippen molar-refractivity contribution in [3.63, 3.8) is 0 Å². The molecule has 0 atom stereocenters. The molecule has 0 saturated heterocycles. The molecule has 2 aromatic rings. The van der Waals surface area contributed by atoms with Gasteiger partial charge in [-0.05, 0) is 51.4 Å². The van der Waals surface area contributed by atoms with Crippen LogP contribution in [-0.2, 0) is 51.5 Å². The topological polar surface area (TPSA) is 0 Å². The minimum Gasteiger partial charge on any atom is -0.780 e. The van der Waals surface area contributed by atoms with Crippen LogP contribution in [0.25, 0.3) is 0 Å². The van der Waals surface area contributed by atoms with E-state index in [0.717, 1.165) is 9.79 Å². The van der Waals surface area contributed by atoms with Crippen molar-refractivity contribution in [1.82, 2.24) is 0 Å². The van der Waals surface area contributed by atoms with Crippen LogP contribution in [0.15, 0.2) is 94.8 Å². The maximum absolute atomic E-state index is 4.81. The normalized spacial score (nSPS) is 16.7. The summed E-state index contributed by atoms with van der Waals surface area (Å²) in [5, 5.41) is 0. The molecule has 2 aromatic carbocycles. The van der Waals surface area contributed by atoms with Gasteiger partial charge in [0.2, 0.25) is 0 Å². The molecule has 0 aliphatic heterocycles. The molecule has 2 saturated carbocycles. The molecule has 10 radical (unpaired) electrons. The van der Waals surface area contributed by atoms with E-state index in [1.807, 2.05) is 92.8 Å². The molecule has 0 nitrogen and oxygen atoms in total. The van der Waals surface area contributed by atoms with E-state index in [9.17, 15) is 0 Å². The van der Waals surface area contributed by atoms with Crippen molar-refractivity contribution in [2.24, 2.45) is 0 Å². The van der Waals surface area contributed by atoms with Gasteiger partial charge in [-0.15, -0.1) is 0 Å². The summed E-state index contributed by atoms with van der Waals surface area (Å²) in [6.07, 6.45) is 24.7. The minimum atomic E-state index is 0. The summed E-state index contributed by atoms with van der Waals surface area (Å²) in [6, 6.07) is 19.2. The zero-order valence-electron chi connectivity index (χ0n) is 16.0. The molecule has 5 rings (SSSR count). The Bertz CT molecular complexity index is 615. The van der Waals surface area contributed by atoms with Crippen LogP contribution >= 0.6 is 0 Å². The van der Waals surface area contributed by atoms with E-state index in [2.05, 4.69) is 43.6 Å². The Hall–Kier alpha value is -0.757. The van der Waals surface area contributed by atoms with Gasteiger partial charge in [-0.25, -0.2) is 0 Å². The van der Waals surface area contributed by atoms with Crippen molar-refractivity contribution in [2.45, 2.75) is 9.79 Å². The Morgan fingerprint density at radius 1 is 0.448 bits per heavy atom. The van der Waals surface area contributed by atoms with Crippen LogP contribution < -0.4 is 0 Å². The van der Waals surface area contributed by atoms with E-state index in [4.69, 9.17) is 25.3 Å². The summed E-state index contributed by atoms with van der Waals surface area (Å²) in [5.74, 6) is 2.66. The van der Waals surface area contributed by atoms with Gasteiger partial charge in [0.1, 0.15) is 0 Å². The molecule has 0 unspecified atom stereocenters. The van der Waals surface area contributed by atoms with Gasteiger partial charge < -0.3 is 25.3 Å². The van der Waals surface area contributed by atoms with Gasteiger partial charge in [0.05, 0.1) is 0 Å². The molecule has 0 spiro atoms. The van der Waals surface area contributed by atoms with Crippen LogP contribution in [0.2, 0.25) is 0 Å². The van der Waals surface area contributed by atoms with E-state index < -0.39 is 0 Å². The Labute approximate surface area is 208 Å². The third-order valence-corrected chi connectivity index (χ3v) is 4.13. The Balaban J connectivity index is 0.000000195. The van der Waals surface area contributed by atoms with Crippen LogP contribution in [-0.4, -0.2) is 0 Å². The van der Waals surface area contributed by atoms with Gasteiger partial charge in [0.25, 0.3) is 0 Å². The number of fused-ring (bicyclic) bond motifs is 1. The van der Waals surface area contributed by atoms with E-state index in [1.165, 1.54) is 11.8 Å². The summed E-state index contributed by atoms with van der Waals surface area (Å²) in [6.45, 7) is 0. The molecule has 0 bridgehead atoms. The first kappa shape index (κ1) is 26.3. The number of benzene rings is 2. The summed E-state index contributed by atoms with van der Waals surface area (Å²) in [7, 11) is 0. The summed E-state index contributed by atoms with van der Waals surface area (Å²) in [5.41, 5.74) is 0. The maximum Gasteiger partial charge on any atom is 4.00 e. The van der Waals surface area contributed by atoms with Crippen molar-refractivity contribution in [3.05, 3.63) is 148 Å². The van der Waals surface area contributed by atoms with Crippen LogP contribution in [0.5, 0.6) is 0 Å². The average molecular weight is 490 g/mol. The van der Waals surface area contributed by atoms with E-state index >= 15 is 0 Å². The Kier molecular flexibility index (Phi) is 15.4. The third kappa shape index (κ3) is 12.5. The molecule has 2 fully saturated rings. The van der Waals surface area contributed by atoms with E-state index in [1.54, 1.807) is 0 Å². The second-order valence-corrected chi connectivity index (χ2v) is 6.69. The number of hydrogen-bond acceptors (Lipinski definition) is 2. The predicted molar refractivity (Wildman–Crippen MR) is 123 cm³/mol. The van der Waals surface area contributed by atoms with E-state index in [-0.39, 0.29) is 26.2 Å². The van der Waals surface area contributed by atoms with Crippen molar-refractivity contribution in [2.75, 3.05) is 0 Å². The maximum atomic E-state index is 4.81. The summed E-state index contributed by atoms with van der Waals surface area (Å²) in [4.78, 5) is 1.81. The number of hydrogen-bond donors (Lipinski definition) is 0. The average Bonchev–Trinajstić information content (AvgIpc) is 3.45. The van der Waals surface area contributed by atoms with Crippen molar-refractivity contribution in [1.29, 1.82) is 0 Å². The minimum absolute atomic E-state index is 0. The molecule has 0 N–H and O–H groups in total. The van der Waals surface area contributed by atoms with Crippen LogP contribution in [0.4, 0.5) is 0 Å². The third-order valence-electron chi connectivity index (χ3n) is 3.59. The number of allylic oxidation sites excluding steroid dienone is 4. The van der Waals surface area contributed by atoms with Crippen molar-refractivity contribution >= 4 is 25.3 Å². The van der Waals surface area contributed by atoms with Gasteiger partial charge in [0.15, 0.2) is 0 Å². The first-order valence-electron chi connectivity index (χ1n) is 8.97. The Morgan fingerprint density at radius 2 is 0.793 bits per heavy atom. The van der Waals surface area contributed by atoms with Crippen molar-refractivity contribution in [3.8, 4) is 0 Å². The molecule has 0 heterocycles. The fourth-order valence-electron chi connectivity index (χ4n) is 2.23. The van der Waals surface area contributed by atoms with Crippen LogP contribution in [0, 0.1) is 63.2 Å². The predicted octanol–water partition coefficient (Wildman–Crippen LogP) is 6.09. The molecule has 0 aromatic heterocycles. The Morgan fingerprint density at radius 3 is 1.07 bits per heavy atom. The van der Waals surface area contributed by atoms with Crippen molar-refractivity contribution < 1.29 is 26.2 Å².